The van der Waals surface area contributed by atoms with Crippen LogP contribution < -0.4 is 9.47 Å². The Morgan fingerprint density at radius 3 is 2.50 bits per heavy atom. The first-order chi connectivity index (χ1) is 9.67. The molecule has 1 saturated carbocycles. The van der Waals surface area contributed by atoms with Crippen LogP contribution in [0.1, 0.15) is 48.9 Å². The third kappa shape index (κ3) is 3.35. The van der Waals surface area contributed by atoms with Crippen molar-refractivity contribution in [1.82, 2.24) is 0 Å². The maximum atomic E-state index is 12.5. The predicted molar refractivity (Wildman–Crippen MR) is 82.8 cm³/mol. The Hall–Kier alpha value is -1.03. The zero-order valence-electron chi connectivity index (χ0n) is 12.1. The molecule has 0 atom stereocenters. The summed E-state index contributed by atoms with van der Waals surface area (Å²) >= 11 is 3.44. The van der Waals surface area contributed by atoms with Crippen LogP contribution in [-0.4, -0.2) is 20.0 Å². The van der Waals surface area contributed by atoms with Gasteiger partial charge in [0.1, 0.15) is 16.0 Å². The molecule has 1 fully saturated rings. The Morgan fingerprint density at radius 2 is 1.90 bits per heavy atom. The minimum absolute atomic E-state index is 0.164. The van der Waals surface area contributed by atoms with Gasteiger partial charge < -0.3 is 9.47 Å². The molecule has 1 aromatic rings. The van der Waals surface area contributed by atoms with Gasteiger partial charge in [0.25, 0.3) is 0 Å². The third-order valence-corrected chi connectivity index (χ3v) is 4.74. The fourth-order valence-electron chi connectivity index (χ4n) is 2.88. The summed E-state index contributed by atoms with van der Waals surface area (Å²) in [6.07, 6.45) is 6.77. The van der Waals surface area contributed by atoms with Crippen molar-refractivity contribution in [3.63, 3.8) is 0 Å². The highest BCUT2D eigenvalue weighted by Gasteiger charge is 2.22. The van der Waals surface area contributed by atoms with Crippen molar-refractivity contribution in [2.24, 2.45) is 5.92 Å². The lowest BCUT2D eigenvalue weighted by Crippen LogP contribution is -2.13. The van der Waals surface area contributed by atoms with Crippen LogP contribution in [0.25, 0.3) is 0 Å². The van der Waals surface area contributed by atoms with Crippen LogP contribution in [0.15, 0.2) is 16.6 Å². The van der Waals surface area contributed by atoms with Gasteiger partial charge in [-0.15, -0.1) is 0 Å². The molecule has 0 saturated heterocycles. The monoisotopic (exact) mass is 340 g/mol. The van der Waals surface area contributed by atoms with Crippen molar-refractivity contribution in [3.8, 4) is 11.5 Å². The molecule has 1 aliphatic rings. The van der Waals surface area contributed by atoms with E-state index in [4.69, 9.17) is 9.47 Å². The Labute approximate surface area is 128 Å². The second-order valence-electron chi connectivity index (χ2n) is 5.29. The zero-order valence-corrected chi connectivity index (χ0v) is 13.7. The quantitative estimate of drug-likeness (QED) is 0.733. The molecule has 0 radical (unpaired) electrons. The summed E-state index contributed by atoms with van der Waals surface area (Å²) in [4.78, 5) is 12.5. The maximum absolute atomic E-state index is 12.5. The van der Waals surface area contributed by atoms with E-state index in [1.165, 1.54) is 32.1 Å². The van der Waals surface area contributed by atoms with E-state index in [-0.39, 0.29) is 5.78 Å². The van der Waals surface area contributed by atoms with E-state index in [0.29, 0.717) is 33.9 Å². The molecule has 0 unspecified atom stereocenters. The molecular weight excluding hydrogens is 320 g/mol. The summed E-state index contributed by atoms with van der Waals surface area (Å²) in [5.74, 6) is 1.94. The van der Waals surface area contributed by atoms with Crippen LogP contribution in [0.5, 0.6) is 11.5 Å². The fraction of sp³-hybridized carbons (Fsp3) is 0.562. The molecule has 20 heavy (non-hydrogen) atoms. The first kappa shape index (κ1) is 15.4. The number of hydrogen-bond acceptors (Lipinski definition) is 3. The topological polar surface area (TPSA) is 35.5 Å². The van der Waals surface area contributed by atoms with Crippen LogP contribution in [0.2, 0.25) is 0 Å². The lowest BCUT2D eigenvalue weighted by molar-refractivity contribution is 0.0947. The number of benzene rings is 1. The maximum Gasteiger partial charge on any atom is 0.166 e. The number of hydrogen-bond donors (Lipinski definition) is 0. The molecule has 110 valence electrons. The number of ether oxygens (including phenoxy) is 2. The molecule has 0 amide bonds. The summed E-state index contributed by atoms with van der Waals surface area (Å²) in [5.41, 5.74) is 0.644. The summed E-state index contributed by atoms with van der Waals surface area (Å²) in [6, 6.07) is 3.61. The van der Waals surface area contributed by atoms with Crippen molar-refractivity contribution < 1.29 is 14.3 Å². The molecule has 4 heteroatoms. The molecular formula is C16H21BrO3. The van der Waals surface area contributed by atoms with Gasteiger partial charge in [-0.2, -0.15) is 0 Å². The van der Waals surface area contributed by atoms with Crippen LogP contribution in [0.3, 0.4) is 0 Å². The van der Waals surface area contributed by atoms with E-state index in [1.807, 2.05) is 0 Å². The molecule has 0 heterocycles. The number of methoxy groups -OCH3 is 2. The summed E-state index contributed by atoms with van der Waals surface area (Å²) in [5, 5.41) is 0. The van der Waals surface area contributed by atoms with Crippen molar-refractivity contribution in [2.75, 3.05) is 14.2 Å². The number of halogens is 1. The highest BCUT2D eigenvalue weighted by atomic mass is 79.9. The molecule has 1 aromatic carbocycles. The van der Waals surface area contributed by atoms with E-state index in [9.17, 15) is 4.79 Å². The molecule has 0 bridgehead atoms. The average Bonchev–Trinajstić information content (AvgIpc) is 2.47. The third-order valence-electron chi connectivity index (χ3n) is 3.98. The van der Waals surface area contributed by atoms with Gasteiger partial charge in [0.05, 0.1) is 19.8 Å². The molecule has 0 N–H and O–H groups in total. The van der Waals surface area contributed by atoms with Crippen LogP contribution in [0.4, 0.5) is 0 Å². The lowest BCUT2D eigenvalue weighted by atomic mass is 9.84. The van der Waals surface area contributed by atoms with E-state index in [2.05, 4.69) is 15.9 Å². The number of ketones is 1. The van der Waals surface area contributed by atoms with Crippen LogP contribution >= 0.6 is 15.9 Å². The smallest absolute Gasteiger partial charge is 0.166 e. The summed E-state index contributed by atoms with van der Waals surface area (Å²) < 4.78 is 11.3. The van der Waals surface area contributed by atoms with E-state index in [0.717, 1.165) is 0 Å². The van der Waals surface area contributed by atoms with Crippen molar-refractivity contribution in [3.05, 3.63) is 22.2 Å². The zero-order chi connectivity index (χ0) is 14.5. The first-order valence-electron chi connectivity index (χ1n) is 7.11. The molecule has 0 aliphatic heterocycles. The van der Waals surface area contributed by atoms with Gasteiger partial charge in [-0.25, -0.2) is 0 Å². The number of Topliss-reactive ketones (excluding diaryl/α,β-unsaturated/α-hetero) is 1. The average molecular weight is 341 g/mol. The Kier molecular flexibility index (Phi) is 5.46. The minimum Gasteiger partial charge on any atom is -0.495 e. The normalized spacial score (nSPS) is 15.9. The largest absolute Gasteiger partial charge is 0.495 e. The predicted octanol–water partition coefficient (Wildman–Crippen LogP) is 4.62. The van der Waals surface area contributed by atoms with Crippen molar-refractivity contribution in [1.29, 1.82) is 0 Å². The second kappa shape index (κ2) is 7.11. The lowest BCUT2D eigenvalue weighted by Gasteiger charge is -2.21. The minimum atomic E-state index is 0.164. The van der Waals surface area contributed by atoms with Gasteiger partial charge in [-0.1, -0.05) is 32.1 Å². The molecule has 3 nitrogen and oxygen atoms in total. The highest BCUT2D eigenvalue weighted by Crippen LogP contribution is 2.38. The van der Waals surface area contributed by atoms with Gasteiger partial charge in [-0.3, -0.25) is 4.79 Å². The Balaban J connectivity index is 2.18. The number of rotatable bonds is 5. The number of carbonyl (C=O) groups excluding carboxylic acids is 1. The second-order valence-corrected chi connectivity index (χ2v) is 6.09. The fourth-order valence-corrected chi connectivity index (χ4v) is 3.55. The van der Waals surface area contributed by atoms with Gasteiger partial charge >= 0.3 is 0 Å². The van der Waals surface area contributed by atoms with Gasteiger partial charge in [-0.05, 0) is 34.0 Å². The Bertz CT molecular complexity index is 479. The van der Waals surface area contributed by atoms with Crippen LogP contribution in [0, 0.1) is 5.92 Å². The standard InChI is InChI=1S/C16H21BrO3/c1-19-14-9-8-12(16(20-2)15(14)17)13(18)10-11-6-4-3-5-7-11/h8-9,11H,3-7,10H2,1-2H3. The Morgan fingerprint density at radius 1 is 1.20 bits per heavy atom. The summed E-state index contributed by atoms with van der Waals surface area (Å²) in [7, 11) is 3.18. The van der Waals surface area contributed by atoms with Gasteiger partial charge in [0.2, 0.25) is 0 Å². The van der Waals surface area contributed by atoms with Crippen molar-refractivity contribution in [2.45, 2.75) is 38.5 Å². The molecule has 2 rings (SSSR count). The van der Waals surface area contributed by atoms with Crippen LogP contribution in [-0.2, 0) is 0 Å². The summed E-state index contributed by atoms with van der Waals surface area (Å²) in [6.45, 7) is 0. The number of carbonyl (C=O) groups is 1. The van der Waals surface area contributed by atoms with E-state index < -0.39 is 0 Å². The van der Waals surface area contributed by atoms with Gasteiger partial charge in [0.15, 0.2) is 5.78 Å². The molecule has 1 aliphatic carbocycles. The molecule has 0 aromatic heterocycles. The van der Waals surface area contributed by atoms with E-state index in [1.54, 1.807) is 26.4 Å². The SMILES string of the molecule is COc1ccc(C(=O)CC2CCCCC2)c(OC)c1Br. The van der Waals surface area contributed by atoms with E-state index >= 15 is 0 Å². The van der Waals surface area contributed by atoms with Gasteiger partial charge in [0, 0.05) is 6.42 Å². The first-order valence-corrected chi connectivity index (χ1v) is 7.90. The van der Waals surface area contributed by atoms with Crippen molar-refractivity contribution >= 4 is 21.7 Å². The highest BCUT2D eigenvalue weighted by molar-refractivity contribution is 9.10. The molecule has 0 spiro atoms.